The van der Waals surface area contributed by atoms with Gasteiger partial charge in [-0.15, -0.1) is 0 Å². The maximum Gasteiger partial charge on any atom is 0.249 e. The highest BCUT2D eigenvalue weighted by Crippen LogP contribution is 2.27. The van der Waals surface area contributed by atoms with Crippen molar-refractivity contribution >= 4 is 16.9 Å². The second-order valence-electron chi connectivity index (χ2n) is 5.04. The third-order valence-corrected chi connectivity index (χ3v) is 3.60. The van der Waals surface area contributed by atoms with Gasteiger partial charge >= 0.3 is 0 Å². The van der Waals surface area contributed by atoms with Crippen molar-refractivity contribution in [2.24, 2.45) is 0 Å². The number of H-pyrrole nitrogens is 1. The van der Waals surface area contributed by atoms with Crippen LogP contribution in [0.15, 0.2) is 10.9 Å². The van der Waals surface area contributed by atoms with E-state index in [1.807, 2.05) is 0 Å². The van der Waals surface area contributed by atoms with Crippen LogP contribution in [0.5, 0.6) is 0 Å². The maximum absolute atomic E-state index is 11.5. The number of aromatic nitrogens is 3. The molecule has 3 heterocycles. The lowest BCUT2D eigenvalue weighted by atomic mass is 9.96. The molecular formula is C13H16N4O3. The third-order valence-electron chi connectivity index (χ3n) is 3.60. The Hall–Kier alpha value is -1.99. The van der Waals surface area contributed by atoms with E-state index in [9.17, 15) is 9.90 Å². The van der Waals surface area contributed by atoms with Crippen LogP contribution in [0.2, 0.25) is 0 Å². The Morgan fingerprint density at radius 1 is 1.50 bits per heavy atom. The summed E-state index contributed by atoms with van der Waals surface area (Å²) in [5.74, 6) is 0.545. The first-order valence-electron chi connectivity index (χ1n) is 6.49. The molecule has 7 nitrogen and oxygen atoms in total. The molecule has 2 unspecified atom stereocenters. The number of ether oxygens (including phenoxy) is 1. The fourth-order valence-electron chi connectivity index (χ4n) is 2.59. The van der Waals surface area contributed by atoms with Crippen molar-refractivity contribution in [1.82, 2.24) is 15.0 Å². The van der Waals surface area contributed by atoms with Gasteiger partial charge in [0.1, 0.15) is 17.3 Å². The summed E-state index contributed by atoms with van der Waals surface area (Å²) in [6, 6.07) is 1.46. The van der Waals surface area contributed by atoms with Crippen LogP contribution in [0.3, 0.4) is 0 Å². The summed E-state index contributed by atoms with van der Waals surface area (Å²) >= 11 is 0. The van der Waals surface area contributed by atoms with Gasteiger partial charge in [0, 0.05) is 18.6 Å². The van der Waals surface area contributed by atoms with Gasteiger partial charge in [-0.1, -0.05) is 0 Å². The van der Waals surface area contributed by atoms with Crippen molar-refractivity contribution in [2.75, 3.05) is 18.9 Å². The first kappa shape index (κ1) is 13.0. The number of nitrogens with zero attached hydrogens (tertiary/aromatic N) is 2. The summed E-state index contributed by atoms with van der Waals surface area (Å²) in [7, 11) is 0. The topological polar surface area (TPSA) is 114 Å². The quantitative estimate of drug-likeness (QED) is 0.679. The molecule has 1 fully saturated rings. The van der Waals surface area contributed by atoms with E-state index in [4.69, 9.17) is 10.5 Å². The molecule has 0 amide bonds. The van der Waals surface area contributed by atoms with Gasteiger partial charge in [0.05, 0.1) is 18.1 Å². The SMILES string of the molecule is Cc1cc(=O)[nH]c2nc(C3CCOCC3O)nc(N)c12. The number of nitrogens with two attached hydrogens (primary N) is 1. The zero-order valence-electron chi connectivity index (χ0n) is 11.1. The van der Waals surface area contributed by atoms with Gasteiger partial charge in [0.15, 0.2) is 0 Å². The van der Waals surface area contributed by atoms with Crippen LogP contribution in [0.1, 0.15) is 23.7 Å². The highest BCUT2D eigenvalue weighted by atomic mass is 16.5. The minimum Gasteiger partial charge on any atom is -0.390 e. The number of pyridine rings is 1. The number of fused-ring (bicyclic) bond motifs is 1. The number of anilines is 1. The number of hydrogen-bond donors (Lipinski definition) is 3. The van der Waals surface area contributed by atoms with Gasteiger partial charge in [0.2, 0.25) is 5.56 Å². The molecule has 106 valence electrons. The van der Waals surface area contributed by atoms with Gasteiger partial charge in [-0.2, -0.15) is 0 Å². The van der Waals surface area contributed by atoms with Crippen molar-refractivity contribution in [3.8, 4) is 0 Å². The molecule has 3 rings (SSSR count). The third kappa shape index (κ3) is 2.14. The molecular weight excluding hydrogens is 260 g/mol. The van der Waals surface area contributed by atoms with E-state index in [2.05, 4.69) is 15.0 Å². The lowest BCUT2D eigenvalue weighted by Gasteiger charge is -2.26. The number of aromatic amines is 1. The fourth-order valence-corrected chi connectivity index (χ4v) is 2.59. The summed E-state index contributed by atoms with van der Waals surface area (Å²) in [6.07, 6.45) is -0.0283. The minimum atomic E-state index is -0.655. The van der Waals surface area contributed by atoms with Crippen molar-refractivity contribution < 1.29 is 9.84 Å². The van der Waals surface area contributed by atoms with Crippen LogP contribution < -0.4 is 11.3 Å². The van der Waals surface area contributed by atoms with Crippen molar-refractivity contribution in [3.63, 3.8) is 0 Å². The Morgan fingerprint density at radius 2 is 2.30 bits per heavy atom. The van der Waals surface area contributed by atoms with Gasteiger partial charge in [-0.05, 0) is 18.9 Å². The second kappa shape index (κ2) is 4.84. The van der Waals surface area contributed by atoms with E-state index < -0.39 is 6.10 Å². The maximum atomic E-state index is 11.5. The first-order valence-corrected chi connectivity index (χ1v) is 6.49. The highest BCUT2D eigenvalue weighted by Gasteiger charge is 2.28. The number of nitrogen functional groups attached to an aromatic ring is 1. The van der Waals surface area contributed by atoms with E-state index >= 15 is 0 Å². The molecule has 1 aliphatic rings. The van der Waals surface area contributed by atoms with Gasteiger partial charge in [-0.3, -0.25) is 4.79 Å². The van der Waals surface area contributed by atoms with E-state index in [0.717, 1.165) is 5.56 Å². The van der Waals surface area contributed by atoms with Crippen LogP contribution in [0, 0.1) is 6.92 Å². The van der Waals surface area contributed by atoms with Crippen LogP contribution in [-0.4, -0.2) is 39.4 Å². The number of hydrogen-bond acceptors (Lipinski definition) is 6. The van der Waals surface area contributed by atoms with Crippen molar-refractivity contribution in [3.05, 3.63) is 27.8 Å². The molecule has 0 spiro atoms. The number of aliphatic hydroxyl groups is 1. The predicted octanol–water partition coefficient (Wildman–Crippen LogP) is 0.0735. The van der Waals surface area contributed by atoms with E-state index in [1.54, 1.807) is 6.92 Å². The molecule has 0 bridgehead atoms. The van der Waals surface area contributed by atoms with Crippen LogP contribution in [0.25, 0.3) is 11.0 Å². The van der Waals surface area contributed by atoms with E-state index in [1.165, 1.54) is 6.07 Å². The average molecular weight is 276 g/mol. The molecule has 1 saturated heterocycles. The standard InChI is InChI=1S/C13H16N4O3/c1-6-4-9(19)15-13-10(6)11(14)16-12(17-13)7-2-3-20-5-8(7)18/h4,7-8,18H,2-3,5H2,1H3,(H3,14,15,16,17,19). The number of aliphatic hydroxyl groups excluding tert-OH is 1. The molecule has 1 aliphatic heterocycles. The summed E-state index contributed by atoms with van der Waals surface area (Å²) in [5, 5.41) is 10.6. The monoisotopic (exact) mass is 276 g/mol. The van der Waals surface area contributed by atoms with Crippen LogP contribution >= 0.6 is 0 Å². The molecule has 2 aromatic rings. The molecule has 0 radical (unpaired) electrons. The summed E-state index contributed by atoms with van der Waals surface area (Å²) in [6.45, 7) is 2.60. The van der Waals surface area contributed by atoms with Crippen LogP contribution in [0.4, 0.5) is 5.82 Å². The Morgan fingerprint density at radius 3 is 3.05 bits per heavy atom. The number of nitrogens with one attached hydrogen (secondary N) is 1. The summed E-state index contributed by atoms with van der Waals surface area (Å²) in [4.78, 5) is 22.9. The summed E-state index contributed by atoms with van der Waals surface area (Å²) in [5.41, 5.74) is 6.89. The Kier molecular flexibility index (Phi) is 3.15. The minimum absolute atomic E-state index is 0.223. The zero-order valence-corrected chi connectivity index (χ0v) is 11.1. The first-order chi connectivity index (χ1) is 9.56. The smallest absolute Gasteiger partial charge is 0.249 e. The summed E-state index contributed by atoms with van der Waals surface area (Å²) < 4.78 is 5.19. The Labute approximate surface area is 114 Å². The van der Waals surface area contributed by atoms with E-state index in [0.29, 0.717) is 35.7 Å². The molecule has 0 saturated carbocycles. The molecule has 20 heavy (non-hydrogen) atoms. The fraction of sp³-hybridized carbons (Fsp3) is 0.462. The van der Waals surface area contributed by atoms with Gasteiger partial charge < -0.3 is 20.6 Å². The Bertz CT molecular complexity index is 713. The molecule has 2 atom stereocenters. The number of rotatable bonds is 1. The normalized spacial score (nSPS) is 23.1. The largest absolute Gasteiger partial charge is 0.390 e. The molecule has 4 N–H and O–H groups in total. The highest BCUT2D eigenvalue weighted by molar-refractivity contribution is 5.88. The molecule has 7 heteroatoms. The predicted molar refractivity (Wildman–Crippen MR) is 73.5 cm³/mol. The number of aryl methyl sites for hydroxylation is 1. The molecule has 0 aromatic carbocycles. The lowest BCUT2D eigenvalue weighted by Crippen LogP contribution is -2.32. The van der Waals surface area contributed by atoms with Crippen molar-refractivity contribution in [2.45, 2.75) is 25.4 Å². The van der Waals surface area contributed by atoms with Gasteiger partial charge in [-0.25, -0.2) is 9.97 Å². The molecule has 0 aliphatic carbocycles. The zero-order chi connectivity index (χ0) is 14.3. The average Bonchev–Trinajstić information content (AvgIpc) is 2.37. The van der Waals surface area contributed by atoms with Crippen molar-refractivity contribution in [1.29, 1.82) is 0 Å². The van der Waals surface area contributed by atoms with Gasteiger partial charge in [0.25, 0.3) is 0 Å². The second-order valence-corrected chi connectivity index (χ2v) is 5.04. The molecule has 2 aromatic heterocycles. The Balaban J connectivity index is 2.16. The lowest BCUT2D eigenvalue weighted by molar-refractivity contribution is -0.0223. The van der Waals surface area contributed by atoms with Crippen LogP contribution in [-0.2, 0) is 4.74 Å². The van der Waals surface area contributed by atoms with E-state index in [-0.39, 0.29) is 18.1 Å².